The predicted octanol–water partition coefficient (Wildman–Crippen LogP) is 2.73. The predicted molar refractivity (Wildman–Crippen MR) is 66.0 cm³/mol. The Bertz CT molecular complexity index is 331. The number of halogens is 1. The number of phenolic OH excluding ortho intramolecular Hbond substituents is 1. The Labute approximate surface area is 101 Å². The highest BCUT2D eigenvalue weighted by atomic mass is 35.5. The first-order chi connectivity index (χ1) is 7.65. The van der Waals surface area contributed by atoms with Gasteiger partial charge in [0.05, 0.1) is 0 Å². The maximum atomic E-state index is 9.68. The van der Waals surface area contributed by atoms with E-state index in [0.29, 0.717) is 5.02 Å². The molecule has 0 bridgehead atoms. The molecule has 0 radical (unpaired) electrons. The molecule has 1 rings (SSSR count). The van der Waals surface area contributed by atoms with Gasteiger partial charge in [0.1, 0.15) is 5.75 Å². The van der Waals surface area contributed by atoms with Crippen molar-refractivity contribution in [3.8, 4) is 5.75 Å². The van der Waals surface area contributed by atoms with Gasteiger partial charge >= 0.3 is 0 Å². The smallest absolute Gasteiger partial charge is 0.120 e. The first-order valence-electron chi connectivity index (χ1n) is 5.36. The second-order valence-electron chi connectivity index (χ2n) is 3.73. The lowest BCUT2D eigenvalue weighted by Crippen LogP contribution is -2.20. The first-order valence-corrected chi connectivity index (χ1v) is 5.73. The van der Waals surface area contributed by atoms with Crippen molar-refractivity contribution in [3.05, 3.63) is 28.8 Å². The Kier molecular flexibility index (Phi) is 5.60. The quantitative estimate of drug-likeness (QED) is 0.755. The molecule has 0 fully saturated rings. The average molecular weight is 244 g/mol. The minimum atomic E-state index is 0.0792. The molecule has 2 N–H and O–H groups in total. The molecule has 0 aliphatic heterocycles. The fourth-order valence-corrected chi connectivity index (χ4v) is 1.70. The highest BCUT2D eigenvalue weighted by Crippen LogP contribution is 2.26. The molecule has 0 aliphatic carbocycles. The van der Waals surface area contributed by atoms with Gasteiger partial charge in [-0.3, -0.25) is 0 Å². The van der Waals surface area contributed by atoms with Gasteiger partial charge in [-0.2, -0.15) is 0 Å². The molecule has 3 nitrogen and oxygen atoms in total. The second-order valence-corrected chi connectivity index (χ2v) is 4.16. The number of nitrogens with one attached hydrogen (secondary N) is 1. The van der Waals surface area contributed by atoms with Crippen molar-refractivity contribution in [2.24, 2.45) is 0 Å². The van der Waals surface area contributed by atoms with Crippen LogP contribution in [0.2, 0.25) is 5.02 Å². The Morgan fingerprint density at radius 1 is 1.50 bits per heavy atom. The van der Waals surface area contributed by atoms with Crippen molar-refractivity contribution in [2.45, 2.75) is 19.4 Å². The van der Waals surface area contributed by atoms with Gasteiger partial charge in [0.2, 0.25) is 0 Å². The van der Waals surface area contributed by atoms with Crippen LogP contribution in [0.25, 0.3) is 0 Å². The number of aromatic hydroxyl groups is 1. The third kappa shape index (κ3) is 4.00. The standard InChI is InChI=1S/C12H18ClNO2/c1-9(14-6-3-7-16-2)11-8-10(13)4-5-12(11)15/h4-5,8-9,14-15H,3,6-7H2,1-2H3. The van der Waals surface area contributed by atoms with Gasteiger partial charge < -0.3 is 15.2 Å². The summed E-state index contributed by atoms with van der Waals surface area (Å²) in [5.74, 6) is 0.274. The van der Waals surface area contributed by atoms with Gasteiger partial charge in [-0.15, -0.1) is 0 Å². The SMILES string of the molecule is COCCCNC(C)c1cc(Cl)ccc1O. The van der Waals surface area contributed by atoms with E-state index in [0.717, 1.165) is 25.1 Å². The zero-order valence-corrected chi connectivity index (χ0v) is 10.4. The molecule has 0 amide bonds. The molecule has 1 unspecified atom stereocenters. The van der Waals surface area contributed by atoms with Crippen LogP contribution in [0.1, 0.15) is 24.9 Å². The fraction of sp³-hybridized carbons (Fsp3) is 0.500. The molecule has 1 aromatic rings. The highest BCUT2D eigenvalue weighted by molar-refractivity contribution is 6.30. The summed E-state index contributed by atoms with van der Waals surface area (Å²) in [4.78, 5) is 0. The van der Waals surface area contributed by atoms with Crippen LogP contribution >= 0.6 is 11.6 Å². The first kappa shape index (κ1) is 13.3. The van der Waals surface area contributed by atoms with Crippen LogP contribution in [0, 0.1) is 0 Å². The molecule has 0 saturated heterocycles. The minimum Gasteiger partial charge on any atom is -0.508 e. The topological polar surface area (TPSA) is 41.5 Å². The van der Waals surface area contributed by atoms with E-state index < -0.39 is 0 Å². The Hall–Kier alpha value is -0.770. The Balaban J connectivity index is 2.51. The van der Waals surface area contributed by atoms with Crippen molar-refractivity contribution in [3.63, 3.8) is 0 Å². The number of methoxy groups -OCH3 is 1. The number of hydrogen-bond acceptors (Lipinski definition) is 3. The Morgan fingerprint density at radius 3 is 2.94 bits per heavy atom. The fourth-order valence-electron chi connectivity index (χ4n) is 1.52. The van der Waals surface area contributed by atoms with Crippen LogP contribution in [0.4, 0.5) is 0 Å². The van der Waals surface area contributed by atoms with E-state index in [-0.39, 0.29) is 11.8 Å². The van der Waals surface area contributed by atoms with Crippen molar-refractivity contribution in [1.29, 1.82) is 0 Å². The Morgan fingerprint density at radius 2 is 2.25 bits per heavy atom. The van der Waals surface area contributed by atoms with Crippen LogP contribution in [0.15, 0.2) is 18.2 Å². The lowest BCUT2D eigenvalue weighted by molar-refractivity contribution is 0.193. The largest absolute Gasteiger partial charge is 0.508 e. The number of phenols is 1. The van der Waals surface area contributed by atoms with Crippen LogP contribution in [0.5, 0.6) is 5.75 Å². The van der Waals surface area contributed by atoms with Gasteiger partial charge in [-0.05, 0) is 38.1 Å². The highest BCUT2D eigenvalue weighted by Gasteiger charge is 2.09. The summed E-state index contributed by atoms with van der Waals surface area (Å²) in [6.07, 6.45) is 0.947. The molecule has 0 aromatic heterocycles. The van der Waals surface area contributed by atoms with Gasteiger partial charge in [0.25, 0.3) is 0 Å². The number of hydrogen-bond donors (Lipinski definition) is 2. The van der Waals surface area contributed by atoms with E-state index in [1.807, 2.05) is 6.92 Å². The van der Waals surface area contributed by atoms with E-state index in [2.05, 4.69) is 5.32 Å². The molecule has 1 atom stereocenters. The molecule has 16 heavy (non-hydrogen) atoms. The van der Waals surface area contributed by atoms with Gasteiger partial charge in [0.15, 0.2) is 0 Å². The average Bonchev–Trinajstić information content (AvgIpc) is 2.27. The van der Waals surface area contributed by atoms with Gasteiger partial charge in [0, 0.05) is 30.3 Å². The molecule has 4 heteroatoms. The molecule has 1 aromatic carbocycles. The second kappa shape index (κ2) is 6.74. The molecule has 0 spiro atoms. The van der Waals surface area contributed by atoms with E-state index in [4.69, 9.17) is 16.3 Å². The number of rotatable bonds is 6. The minimum absolute atomic E-state index is 0.0792. The summed E-state index contributed by atoms with van der Waals surface area (Å²) in [7, 11) is 1.69. The maximum absolute atomic E-state index is 9.68. The summed E-state index contributed by atoms with van der Waals surface area (Å²) in [6, 6.07) is 5.16. The summed E-state index contributed by atoms with van der Waals surface area (Å²) < 4.78 is 4.96. The van der Waals surface area contributed by atoms with E-state index in [1.54, 1.807) is 25.3 Å². The van der Waals surface area contributed by atoms with Crippen LogP contribution < -0.4 is 5.32 Å². The lowest BCUT2D eigenvalue weighted by atomic mass is 10.1. The van der Waals surface area contributed by atoms with E-state index in [9.17, 15) is 5.11 Å². The van der Waals surface area contributed by atoms with Crippen molar-refractivity contribution in [1.82, 2.24) is 5.32 Å². The van der Waals surface area contributed by atoms with Crippen LogP contribution in [0.3, 0.4) is 0 Å². The van der Waals surface area contributed by atoms with E-state index >= 15 is 0 Å². The molecular weight excluding hydrogens is 226 g/mol. The molecule has 90 valence electrons. The summed E-state index contributed by atoms with van der Waals surface area (Å²) in [6.45, 7) is 3.58. The monoisotopic (exact) mass is 243 g/mol. The number of benzene rings is 1. The molecule has 0 saturated carbocycles. The molecule has 0 aliphatic rings. The van der Waals surface area contributed by atoms with Gasteiger partial charge in [-0.1, -0.05) is 11.6 Å². The van der Waals surface area contributed by atoms with E-state index in [1.165, 1.54) is 0 Å². The lowest BCUT2D eigenvalue weighted by Gasteiger charge is -2.15. The third-order valence-corrected chi connectivity index (χ3v) is 2.67. The number of ether oxygens (including phenoxy) is 1. The normalized spacial score (nSPS) is 12.7. The maximum Gasteiger partial charge on any atom is 0.120 e. The molecule has 0 heterocycles. The van der Waals surface area contributed by atoms with Gasteiger partial charge in [-0.25, -0.2) is 0 Å². The summed E-state index contributed by atoms with van der Waals surface area (Å²) in [5, 5.41) is 13.6. The van der Waals surface area contributed by atoms with Crippen molar-refractivity contribution < 1.29 is 9.84 Å². The zero-order chi connectivity index (χ0) is 12.0. The molecular formula is C12H18ClNO2. The third-order valence-electron chi connectivity index (χ3n) is 2.43. The summed E-state index contributed by atoms with van der Waals surface area (Å²) in [5.41, 5.74) is 0.824. The van der Waals surface area contributed by atoms with Crippen LogP contribution in [-0.2, 0) is 4.74 Å². The zero-order valence-electron chi connectivity index (χ0n) is 9.66. The van der Waals surface area contributed by atoms with Crippen molar-refractivity contribution >= 4 is 11.6 Å². The van der Waals surface area contributed by atoms with Crippen LogP contribution in [-0.4, -0.2) is 25.4 Å². The summed E-state index contributed by atoms with van der Waals surface area (Å²) >= 11 is 5.89. The van der Waals surface area contributed by atoms with Crippen molar-refractivity contribution in [2.75, 3.05) is 20.3 Å².